The molecule has 10 aromatic carbocycles. The Morgan fingerprint density at radius 1 is 0.371 bits per heavy atom. The molecule has 0 amide bonds. The largest absolute Gasteiger partial charge is 0.456 e. The average Bonchev–Trinajstić information content (AvgIpc) is 3.88. The molecule has 0 aliphatic carbocycles. The number of fused-ring (bicyclic) bond motifs is 9. The van der Waals surface area contributed by atoms with Gasteiger partial charge in [0.05, 0.1) is 22.4 Å². The molecule has 2 aromatic heterocycles. The lowest BCUT2D eigenvalue weighted by atomic mass is 9.96. The van der Waals surface area contributed by atoms with E-state index in [0.717, 1.165) is 83.9 Å². The van der Waals surface area contributed by atoms with Crippen molar-refractivity contribution >= 4 is 71.6 Å². The molecule has 12 aromatic rings. The number of hydrogen-bond acceptors (Lipinski definition) is 3. The Kier molecular flexibility index (Phi) is 7.57. The smallest absolute Gasteiger partial charge is 0.152 e. The van der Waals surface area contributed by atoms with Crippen molar-refractivity contribution in [3.63, 3.8) is 0 Å². The summed E-state index contributed by atoms with van der Waals surface area (Å²) in [6, 6.07) is 78.1. The number of ether oxygens (including phenoxy) is 1. The molecule has 0 saturated heterocycles. The van der Waals surface area contributed by atoms with Gasteiger partial charge in [-0.25, -0.2) is 0 Å². The van der Waals surface area contributed by atoms with E-state index in [1.807, 2.05) is 24.3 Å². The second-order valence-corrected chi connectivity index (χ2v) is 16.1. The Morgan fingerprint density at radius 3 is 1.90 bits per heavy atom. The molecule has 0 radical (unpaired) electrons. The zero-order chi connectivity index (χ0) is 40.7. The average molecular weight is 793 g/mol. The summed E-state index contributed by atoms with van der Waals surface area (Å²) in [6.45, 7) is 0. The fourth-order valence-corrected chi connectivity index (χ4v) is 9.70. The molecule has 0 spiro atoms. The maximum atomic E-state index is 6.47. The van der Waals surface area contributed by atoms with Crippen molar-refractivity contribution in [3.05, 3.63) is 218 Å². The molecule has 4 nitrogen and oxygen atoms in total. The van der Waals surface area contributed by atoms with Crippen LogP contribution in [0.4, 0.5) is 17.1 Å². The lowest BCUT2D eigenvalue weighted by Crippen LogP contribution is -2.11. The number of benzene rings is 10. The molecule has 290 valence electrons. The zero-order valence-corrected chi connectivity index (χ0v) is 33.5. The summed E-state index contributed by atoms with van der Waals surface area (Å²) < 4.78 is 15.3. The second-order valence-electron chi connectivity index (χ2n) is 16.1. The third-order valence-electron chi connectivity index (χ3n) is 12.6. The maximum absolute atomic E-state index is 6.47. The van der Waals surface area contributed by atoms with Gasteiger partial charge in [-0.1, -0.05) is 146 Å². The number of para-hydroxylation sites is 5. The van der Waals surface area contributed by atoms with Crippen LogP contribution in [0.2, 0.25) is 0 Å². The van der Waals surface area contributed by atoms with Gasteiger partial charge in [-0.2, -0.15) is 0 Å². The maximum Gasteiger partial charge on any atom is 0.152 e. The van der Waals surface area contributed by atoms with Crippen molar-refractivity contribution in [2.75, 3.05) is 4.90 Å². The zero-order valence-electron chi connectivity index (χ0n) is 33.5. The predicted octanol–water partition coefficient (Wildman–Crippen LogP) is 16.4. The van der Waals surface area contributed by atoms with Crippen LogP contribution in [0.5, 0.6) is 11.5 Å². The molecule has 0 atom stereocenters. The Balaban J connectivity index is 0.940. The second kappa shape index (κ2) is 13.6. The van der Waals surface area contributed by atoms with Gasteiger partial charge >= 0.3 is 0 Å². The van der Waals surface area contributed by atoms with E-state index in [9.17, 15) is 0 Å². The van der Waals surface area contributed by atoms with Crippen LogP contribution in [0.3, 0.4) is 0 Å². The van der Waals surface area contributed by atoms with Crippen molar-refractivity contribution in [1.29, 1.82) is 0 Å². The van der Waals surface area contributed by atoms with Crippen LogP contribution in [-0.2, 0) is 0 Å². The predicted molar refractivity (Wildman–Crippen MR) is 257 cm³/mol. The van der Waals surface area contributed by atoms with Gasteiger partial charge in [0.1, 0.15) is 11.2 Å². The van der Waals surface area contributed by atoms with Gasteiger partial charge in [-0.05, 0) is 105 Å². The van der Waals surface area contributed by atoms with Gasteiger partial charge in [0, 0.05) is 44.5 Å². The van der Waals surface area contributed by atoms with Crippen molar-refractivity contribution in [3.8, 4) is 50.6 Å². The number of nitrogens with zero attached hydrogens (tertiary/aromatic N) is 2. The van der Waals surface area contributed by atoms with E-state index in [2.05, 4.69) is 204 Å². The molecule has 13 rings (SSSR count). The monoisotopic (exact) mass is 792 g/mol. The minimum atomic E-state index is 0.854. The quantitative estimate of drug-likeness (QED) is 0.168. The van der Waals surface area contributed by atoms with E-state index >= 15 is 0 Å². The summed E-state index contributed by atoms with van der Waals surface area (Å²) in [4.78, 5) is 2.36. The molecular weight excluding hydrogens is 757 g/mol. The minimum absolute atomic E-state index is 0.854. The highest BCUT2D eigenvalue weighted by atomic mass is 16.5. The summed E-state index contributed by atoms with van der Waals surface area (Å²) in [5.41, 5.74) is 15.2. The van der Waals surface area contributed by atoms with E-state index in [4.69, 9.17) is 9.15 Å². The Hall–Kier alpha value is -8.34. The van der Waals surface area contributed by atoms with Crippen LogP contribution in [0.1, 0.15) is 0 Å². The summed E-state index contributed by atoms with van der Waals surface area (Å²) in [5, 5.41) is 7.08. The van der Waals surface area contributed by atoms with Crippen LogP contribution in [0.25, 0.3) is 93.6 Å². The van der Waals surface area contributed by atoms with Crippen LogP contribution < -0.4 is 9.64 Å². The van der Waals surface area contributed by atoms with Crippen LogP contribution in [0, 0.1) is 0 Å². The van der Waals surface area contributed by atoms with Gasteiger partial charge < -0.3 is 18.6 Å². The van der Waals surface area contributed by atoms with Gasteiger partial charge in [0.15, 0.2) is 11.5 Å². The topological polar surface area (TPSA) is 30.5 Å². The lowest BCUT2D eigenvalue weighted by Gasteiger charge is -2.28. The van der Waals surface area contributed by atoms with E-state index in [1.54, 1.807) is 0 Å². The summed E-state index contributed by atoms with van der Waals surface area (Å²) in [7, 11) is 0. The van der Waals surface area contributed by atoms with E-state index in [1.165, 1.54) is 38.2 Å². The molecule has 0 N–H and O–H groups in total. The molecule has 3 heterocycles. The summed E-state index contributed by atoms with van der Waals surface area (Å²) in [5.74, 6) is 1.73. The molecule has 0 saturated carbocycles. The highest BCUT2D eigenvalue weighted by Crippen LogP contribution is 2.48. The standard InChI is InChI=1S/C58H36N2O2/c1-2-13-44-39(11-1)12-9-16-45(44)40-25-23-37(24-26-40)38-27-30-42(31-28-38)59(43-32-33-48-47-15-4-7-20-54(47)61-57(48)36-43)51-18-5-3-14-46(51)41-29-34-52-50(35-41)49-17-10-22-56-58(49)60(52)53-19-6-8-21-55(53)62-56/h1-36H. The van der Waals surface area contributed by atoms with E-state index in [-0.39, 0.29) is 0 Å². The summed E-state index contributed by atoms with van der Waals surface area (Å²) >= 11 is 0. The number of furan rings is 1. The normalized spacial score (nSPS) is 12.0. The lowest BCUT2D eigenvalue weighted by molar-refractivity contribution is 0.476. The Bertz CT molecular complexity index is 3720. The molecule has 0 bridgehead atoms. The molecule has 0 unspecified atom stereocenters. The molecule has 4 heteroatoms. The Morgan fingerprint density at radius 2 is 1.00 bits per heavy atom. The van der Waals surface area contributed by atoms with Crippen molar-refractivity contribution in [1.82, 2.24) is 4.57 Å². The number of hydrogen-bond donors (Lipinski definition) is 0. The third kappa shape index (κ3) is 5.33. The molecule has 0 fully saturated rings. The summed E-state index contributed by atoms with van der Waals surface area (Å²) in [6.07, 6.45) is 0. The fraction of sp³-hybridized carbons (Fsp3) is 0. The molecule has 1 aliphatic rings. The van der Waals surface area contributed by atoms with E-state index in [0.29, 0.717) is 0 Å². The first-order chi connectivity index (χ1) is 30.7. The van der Waals surface area contributed by atoms with Crippen molar-refractivity contribution in [2.45, 2.75) is 0 Å². The highest BCUT2D eigenvalue weighted by Gasteiger charge is 2.25. The van der Waals surface area contributed by atoms with Crippen molar-refractivity contribution < 1.29 is 9.15 Å². The van der Waals surface area contributed by atoms with Gasteiger partial charge in [0.2, 0.25) is 0 Å². The van der Waals surface area contributed by atoms with Crippen LogP contribution in [0.15, 0.2) is 223 Å². The molecular formula is C58H36N2O2. The third-order valence-corrected chi connectivity index (χ3v) is 12.6. The highest BCUT2D eigenvalue weighted by molar-refractivity contribution is 6.13. The van der Waals surface area contributed by atoms with E-state index < -0.39 is 0 Å². The Labute approximate surface area is 357 Å². The molecule has 62 heavy (non-hydrogen) atoms. The fourth-order valence-electron chi connectivity index (χ4n) is 9.70. The van der Waals surface area contributed by atoms with Crippen LogP contribution in [-0.4, -0.2) is 4.57 Å². The number of aromatic nitrogens is 1. The number of anilines is 3. The first kappa shape index (κ1) is 34.5. The SMILES string of the molecule is c1ccc2c(c1)Oc1cccc3c4cc(-c5ccccc5N(c5ccc(-c6ccc(-c7cccc8ccccc78)cc6)cc5)c5ccc6c(c5)oc5ccccc56)ccc4n-2c13. The van der Waals surface area contributed by atoms with Gasteiger partial charge in [0.25, 0.3) is 0 Å². The van der Waals surface area contributed by atoms with Gasteiger partial charge in [-0.15, -0.1) is 0 Å². The van der Waals surface area contributed by atoms with Crippen LogP contribution >= 0.6 is 0 Å². The van der Waals surface area contributed by atoms with Crippen molar-refractivity contribution in [2.24, 2.45) is 0 Å². The first-order valence-corrected chi connectivity index (χ1v) is 21.1. The minimum Gasteiger partial charge on any atom is -0.456 e. The first-order valence-electron chi connectivity index (χ1n) is 21.1. The number of rotatable bonds is 6. The molecule has 1 aliphatic heterocycles. The van der Waals surface area contributed by atoms with Gasteiger partial charge in [-0.3, -0.25) is 0 Å².